The summed E-state index contributed by atoms with van der Waals surface area (Å²) >= 11 is 0. The second kappa shape index (κ2) is 30.5. The van der Waals surface area contributed by atoms with Crippen molar-refractivity contribution >= 4 is 5.97 Å². The predicted octanol–water partition coefficient (Wildman–Crippen LogP) is 3.73. The molecule has 0 bridgehead atoms. The fourth-order valence-corrected chi connectivity index (χ4v) is 6.44. The molecule has 2 aliphatic rings. The summed E-state index contributed by atoms with van der Waals surface area (Å²) in [7, 11) is 0. The Bertz CT molecular complexity index is 1010. The quantitative estimate of drug-likeness (QED) is 0.0303. The van der Waals surface area contributed by atoms with Crippen LogP contribution in [-0.2, 0) is 33.2 Å². The van der Waals surface area contributed by atoms with Gasteiger partial charge in [-0.25, -0.2) is 0 Å². The van der Waals surface area contributed by atoms with Crippen LogP contribution in [-0.4, -0.2) is 142 Å². The maximum absolute atomic E-state index is 12.8. The molecule has 0 aromatic rings. The minimum atomic E-state index is -1.70. The minimum Gasteiger partial charge on any atom is -0.457 e. The van der Waals surface area contributed by atoms with Crippen molar-refractivity contribution in [3.63, 3.8) is 0 Å². The Kier molecular flexibility index (Phi) is 27.5. The van der Waals surface area contributed by atoms with E-state index >= 15 is 0 Å². The van der Waals surface area contributed by atoms with Crippen LogP contribution >= 0.6 is 0 Å². The van der Waals surface area contributed by atoms with Crippen LogP contribution < -0.4 is 0 Å². The highest BCUT2D eigenvalue weighted by atomic mass is 16.7. The van der Waals surface area contributed by atoms with Crippen LogP contribution in [0.1, 0.15) is 129 Å². The number of rotatable bonds is 31. The number of aliphatic hydroxyl groups is 7. The van der Waals surface area contributed by atoms with Crippen molar-refractivity contribution in [1.29, 1.82) is 0 Å². The van der Waals surface area contributed by atoms with Gasteiger partial charge in [0.1, 0.15) is 54.9 Å². The molecule has 0 amide bonds. The van der Waals surface area contributed by atoms with Gasteiger partial charge in [0.25, 0.3) is 0 Å². The number of esters is 1. The van der Waals surface area contributed by atoms with Crippen LogP contribution in [0.5, 0.6) is 0 Å². The van der Waals surface area contributed by atoms with Crippen LogP contribution in [0.15, 0.2) is 24.3 Å². The molecule has 0 radical (unpaired) electrons. The lowest BCUT2D eigenvalue weighted by atomic mass is 9.98. The number of carbonyl (C=O) groups is 1. The predicted molar refractivity (Wildman–Crippen MR) is 206 cm³/mol. The molecule has 0 aromatic heterocycles. The van der Waals surface area contributed by atoms with Gasteiger partial charge in [-0.15, -0.1) is 0 Å². The zero-order valence-corrected chi connectivity index (χ0v) is 33.4. The Morgan fingerprint density at radius 2 is 1.16 bits per heavy atom. The van der Waals surface area contributed by atoms with Crippen molar-refractivity contribution < 1.29 is 69.0 Å². The van der Waals surface area contributed by atoms with E-state index in [0.717, 1.165) is 64.2 Å². The van der Waals surface area contributed by atoms with Crippen molar-refractivity contribution in [2.24, 2.45) is 0 Å². The van der Waals surface area contributed by atoms with Crippen LogP contribution in [0.3, 0.4) is 0 Å². The van der Waals surface area contributed by atoms with Gasteiger partial charge in [-0.05, 0) is 38.5 Å². The van der Waals surface area contributed by atoms with E-state index in [1.165, 1.54) is 38.5 Å². The van der Waals surface area contributed by atoms with Gasteiger partial charge in [0.2, 0.25) is 0 Å². The first kappa shape index (κ1) is 49.6. The SMILES string of the molecule is CCC/C=C\C/C=C\CCCCCCCCOCC(COC1OC(COC2OC(CO)C(O)C(O)C2O)C(O)C(O)C1O)OC(=O)CCCCCCCCC. The first-order chi connectivity index (χ1) is 26.6. The third-order valence-corrected chi connectivity index (χ3v) is 9.94. The van der Waals surface area contributed by atoms with Crippen molar-refractivity contribution in [1.82, 2.24) is 0 Å². The second-order valence-corrected chi connectivity index (χ2v) is 14.8. The molecule has 7 N–H and O–H groups in total. The number of allylic oxidation sites excluding steroid dienone is 4. The number of aliphatic hydroxyl groups excluding tert-OH is 7. The van der Waals surface area contributed by atoms with Gasteiger partial charge in [0.15, 0.2) is 12.6 Å². The molecule has 11 unspecified atom stereocenters. The van der Waals surface area contributed by atoms with E-state index in [4.69, 9.17) is 28.4 Å². The van der Waals surface area contributed by atoms with Crippen molar-refractivity contribution in [2.45, 2.75) is 197 Å². The molecule has 2 aliphatic heterocycles. The average Bonchev–Trinajstić information content (AvgIpc) is 3.18. The molecule has 2 saturated heterocycles. The number of unbranched alkanes of at least 4 members (excludes halogenated alkanes) is 13. The Morgan fingerprint density at radius 3 is 1.82 bits per heavy atom. The zero-order valence-electron chi connectivity index (χ0n) is 33.4. The lowest BCUT2D eigenvalue weighted by molar-refractivity contribution is -0.332. The molecule has 0 aliphatic carbocycles. The summed E-state index contributed by atoms with van der Waals surface area (Å²) in [5, 5.41) is 71.6. The van der Waals surface area contributed by atoms with Crippen molar-refractivity contribution in [3.8, 4) is 0 Å². The molecule has 14 heteroatoms. The smallest absolute Gasteiger partial charge is 0.306 e. The number of carbonyl (C=O) groups excluding carboxylic acids is 1. The summed E-state index contributed by atoms with van der Waals surface area (Å²) in [5.41, 5.74) is 0. The topological polar surface area (TPSA) is 214 Å². The van der Waals surface area contributed by atoms with Crippen LogP contribution in [0, 0.1) is 0 Å². The van der Waals surface area contributed by atoms with E-state index in [-0.39, 0.29) is 25.6 Å². The molecule has 55 heavy (non-hydrogen) atoms. The lowest BCUT2D eigenvalue weighted by Crippen LogP contribution is -2.61. The van der Waals surface area contributed by atoms with Gasteiger partial charge in [-0.2, -0.15) is 0 Å². The second-order valence-electron chi connectivity index (χ2n) is 14.8. The van der Waals surface area contributed by atoms with E-state index in [1.54, 1.807) is 0 Å². The molecule has 2 rings (SSSR count). The summed E-state index contributed by atoms with van der Waals surface area (Å²) in [5.74, 6) is -0.389. The summed E-state index contributed by atoms with van der Waals surface area (Å²) in [6.07, 6.45) is 11.4. The average molecular weight is 791 g/mol. The van der Waals surface area contributed by atoms with Crippen LogP contribution in [0.4, 0.5) is 0 Å². The Hall–Kier alpha value is -1.53. The summed E-state index contributed by atoms with van der Waals surface area (Å²) in [4.78, 5) is 12.8. The molecule has 322 valence electrons. The van der Waals surface area contributed by atoms with Gasteiger partial charge >= 0.3 is 5.97 Å². The molecule has 0 saturated carbocycles. The minimum absolute atomic E-state index is 0.0559. The molecule has 2 fully saturated rings. The molecule has 0 aromatic carbocycles. The maximum atomic E-state index is 12.8. The molecular formula is C41H74O14. The van der Waals surface area contributed by atoms with E-state index < -0.39 is 80.7 Å². The van der Waals surface area contributed by atoms with E-state index in [9.17, 15) is 40.5 Å². The van der Waals surface area contributed by atoms with Gasteiger partial charge in [-0.1, -0.05) is 109 Å². The highest BCUT2D eigenvalue weighted by Crippen LogP contribution is 2.26. The van der Waals surface area contributed by atoms with Crippen LogP contribution in [0.25, 0.3) is 0 Å². The van der Waals surface area contributed by atoms with Crippen molar-refractivity contribution in [3.05, 3.63) is 24.3 Å². The van der Waals surface area contributed by atoms with Gasteiger partial charge in [-0.3, -0.25) is 4.79 Å². The first-order valence-electron chi connectivity index (χ1n) is 20.9. The Labute approximate surface area is 328 Å². The number of hydrogen-bond donors (Lipinski definition) is 7. The highest BCUT2D eigenvalue weighted by molar-refractivity contribution is 5.69. The third-order valence-electron chi connectivity index (χ3n) is 9.94. The maximum Gasteiger partial charge on any atom is 0.306 e. The normalized spacial score (nSPS) is 29.3. The monoisotopic (exact) mass is 791 g/mol. The van der Waals surface area contributed by atoms with E-state index in [0.29, 0.717) is 13.0 Å². The fourth-order valence-electron chi connectivity index (χ4n) is 6.44. The molecule has 11 atom stereocenters. The van der Waals surface area contributed by atoms with Gasteiger partial charge < -0.3 is 64.2 Å². The molecule has 0 spiro atoms. The van der Waals surface area contributed by atoms with E-state index in [2.05, 4.69) is 38.2 Å². The number of hydrogen-bond acceptors (Lipinski definition) is 14. The molecule has 2 heterocycles. The number of ether oxygens (including phenoxy) is 6. The standard InChI is InChI=1S/C41H74O14/c1-3-5-7-9-11-12-13-14-15-16-17-19-21-23-25-50-27-30(53-33(43)24-22-20-18-10-8-6-4-2)28-51-40-39(49)37(47)35(45)32(55-40)29-52-41-38(48)36(46)34(44)31(26-42)54-41/h7,9,12-13,30-32,34-42,44-49H,3-6,8,10-11,14-29H2,1-2H3/b9-7-,13-12-. The largest absolute Gasteiger partial charge is 0.457 e. The van der Waals surface area contributed by atoms with E-state index in [1.807, 2.05) is 0 Å². The van der Waals surface area contributed by atoms with Gasteiger partial charge in [0, 0.05) is 13.0 Å². The first-order valence-corrected chi connectivity index (χ1v) is 20.9. The fraction of sp³-hybridized carbons (Fsp3) is 0.878. The summed E-state index contributed by atoms with van der Waals surface area (Å²) < 4.78 is 34.0. The van der Waals surface area contributed by atoms with Crippen molar-refractivity contribution in [2.75, 3.05) is 33.0 Å². The molecular weight excluding hydrogens is 716 g/mol. The van der Waals surface area contributed by atoms with Crippen LogP contribution in [0.2, 0.25) is 0 Å². The zero-order chi connectivity index (χ0) is 40.3. The van der Waals surface area contributed by atoms with Gasteiger partial charge in [0.05, 0.1) is 26.4 Å². The lowest BCUT2D eigenvalue weighted by Gasteiger charge is -2.42. The summed E-state index contributed by atoms with van der Waals surface area (Å²) in [6.45, 7) is 3.52. The highest BCUT2D eigenvalue weighted by Gasteiger charge is 2.47. The Morgan fingerprint density at radius 1 is 0.600 bits per heavy atom. The Balaban J connectivity index is 1.82. The third kappa shape index (κ3) is 20.1. The summed E-state index contributed by atoms with van der Waals surface area (Å²) in [6, 6.07) is 0. The molecule has 14 nitrogen and oxygen atoms in total.